The van der Waals surface area contributed by atoms with Gasteiger partial charge in [0.05, 0.1) is 11.4 Å². The predicted octanol–water partition coefficient (Wildman–Crippen LogP) is 2.93. The molecule has 0 fully saturated rings. The lowest BCUT2D eigenvalue weighted by Crippen LogP contribution is -2.16. The van der Waals surface area contributed by atoms with Gasteiger partial charge in [-0.05, 0) is 31.0 Å². The molecule has 0 aliphatic carbocycles. The molecule has 1 aromatic heterocycles. The molecule has 0 bridgehead atoms. The largest absolute Gasteiger partial charge is 0.486 e. The minimum absolute atomic E-state index is 0.176. The molecule has 1 unspecified atom stereocenters. The smallest absolute Gasteiger partial charge is 0.161 e. The second-order valence-electron chi connectivity index (χ2n) is 5.29. The third-order valence-corrected chi connectivity index (χ3v) is 3.68. The lowest BCUT2D eigenvalue weighted by molar-refractivity contribution is 0.171. The fourth-order valence-electron chi connectivity index (χ4n) is 2.56. The van der Waals surface area contributed by atoms with Crippen LogP contribution in [0.5, 0.6) is 11.5 Å². The lowest BCUT2D eigenvalue weighted by atomic mass is 10.1. The van der Waals surface area contributed by atoms with Gasteiger partial charge < -0.3 is 14.8 Å². The van der Waals surface area contributed by atoms with Crippen LogP contribution in [0.3, 0.4) is 0 Å². The summed E-state index contributed by atoms with van der Waals surface area (Å²) in [4.78, 5) is 0. The van der Waals surface area contributed by atoms with Gasteiger partial charge in [0, 0.05) is 19.3 Å². The van der Waals surface area contributed by atoms with E-state index in [-0.39, 0.29) is 6.04 Å². The molecule has 5 nitrogen and oxygen atoms in total. The van der Waals surface area contributed by atoms with Crippen LogP contribution < -0.4 is 14.8 Å². The van der Waals surface area contributed by atoms with E-state index in [4.69, 9.17) is 9.47 Å². The highest BCUT2D eigenvalue weighted by atomic mass is 16.6. The Morgan fingerprint density at radius 2 is 2.05 bits per heavy atom. The number of hydrogen-bond donors (Lipinski definition) is 1. The predicted molar refractivity (Wildman–Crippen MR) is 82.1 cm³/mol. The molecule has 2 heterocycles. The zero-order valence-electron chi connectivity index (χ0n) is 12.7. The van der Waals surface area contributed by atoms with Crippen molar-refractivity contribution in [1.82, 2.24) is 9.78 Å². The Labute approximate surface area is 124 Å². The molecule has 0 amide bonds. The highest BCUT2D eigenvalue weighted by molar-refractivity contribution is 5.50. The number of nitrogens with one attached hydrogen (secondary N) is 1. The zero-order chi connectivity index (χ0) is 14.8. The third-order valence-electron chi connectivity index (χ3n) is 3.68. The highest BCUT2D eigenvalue weighted by Crippen LogP contribution is 2.33. The molecule has 2 aromatic rings. The Kier molecular flexibility index (Phi) is 3.73. The monoisotopic (exact) mass is 287 g/mol. The minimum Gasteiger partial charge on any atom is -0.486 e. The molecule has 1 aromatic carbocycles. The Morgan fingerprint density at radius 1 is 1.29 bits per heavy atom. The molecule has 5 heteroatoms. The Bertz CT molecular complexity index is 636. The van der Waals surface area contributed by atoms with Gasteiger partial charge in [-0.3, -0.25) is 4.68 Å². The number of rotatable bonds is 4. The van der Waals surface area contributed by atoms with Crippen molar-refractivity contribution in [2.24, 2.45) is 7.05 Å². The third kappa shape index (κ3) is 2.82. The molecule has 0 spiro atoms. The Hall–Kier alpha value is -2.17. The maximum Gasteiger partial charge on any atom is 0.161 e. The van der Waals surface area contributed by atoms with Crippen LogP contribution in [-0.4, -0.2) is 23.0 Å². The van der Waals surface area contributed by atoms with E-state index in [0.29, 0.717) is 13.2 Å². The normalized spacial score (nSPS) is 14.8. The number of hydrogen-bond acceptors (Lipinski definition) is 4. The molecule has 1 aliphatic heterocycles. The number of ether oxygens (including phenoxy) is 2. The van der Waals surface area contributed by atoms with Gasteiger partial charge in [0.25, 0.3) is 0 Å². The topological polar surface area (TPSA) is 48.3 Å². The Balaban J connectivity index is 1.80. The number of anilines is 1. The van der Waals surface area contributed by atoms with E-state index >= 15 is 0 Å². The van der Waals surface area contributed by atoms with E-state index in [1.54, 1.807) is 0 Å². The number of nitrogens with zero attached hydrogens (tertiary/aromatic N) is 2. The quantitative estimate of drug-likeness (QED) is 0.939. The van der Waals surface area contributed by atoms with Crippen LogP contribution in [-0.2, 0) is 13.5 Å². The molecule has 3 rings (SSSR count). The second-order valence-corrected chi connectivity index (χ2v) is 5.29. The summed E-state index contributed by atoms with van der Waals surface area (Å²) in [7, 11) is 1.94. The average molecular weight is 287 g/mol. The molecule has 21 heavy (non-hydrogen) atoms. The second kappa shape index (κ2) is 5.68. The summed E-state index contributed by atoms with van der Waals surface area (Å²) in [5.41, 5.74) is 3.34. The summed E-state index contributed by atoms with van der Waals surface area (Å²) in [6.45, 7) is 5.48. The fourth-order valence-corrected chi connectivity index (χ4v) is 2.56. The van der Waals surface area contributed by atoms with Gasteiger partial charge in [0.1, 0.15) is 13.2 Å². The van der Waals surface area contributed by atoms with Crippen LogP contribution in [0.25, 0.3) is 0 Å². The molecule has 0 saturated carbocycles. The van der Waals surface area contributed by atoms with E-state index in [2.05, 4.69) is 30.3 Å². The van der Waals surface area contributed by atoms with Crippen molar-refractivity contribution in [3.05, 3.63) is 35.7 Å². The van der Waals surface area contributed by atoms with Crippen LogP contribution in [0, 0.1) is 0 Å². The molecular weight excluding hydrogens is 266 g/mol. The van der Waals surface area contributed by atoms with Crippen molar-refractivity contribution in [3.63, 3.8) is 0 Å². The van der Waals surface area contributed by atoms with Crippen molar-refractivity contribution < 1.29 is 9.47 Å². The first-order chi connectivity index (χ1) is 10.2. The van der Waals surface area contributed by atoms with Crippen molar-refractivity contribution in [2.75, 3.05) is 18.5 Å². The standard InChI is InChI=1S/C16H21N3O2/c1-4-13-14(10-19(3)18-13)17-11(2)12-5-6-15-16(9-12)21-8-7-20-15/h5-6,9-11,17H,4,7-8H2,1-3H3. The van der Waals surface area contributed by atoms with Gasteiger partial charge in [-0.2, -0.15) is 5.10 Å². The van der Waals surface area contributed by atoms with Crippen molar-refractivity contribution in [1.29, 1.82) is 0 Å². The zero-order valence-corrected chi connectivity index (χ0v) is 12.7. The Morgan fingerprint density at radius 3 is 2.81 bits per heavy atom. The van der Waals surface area contributed by atoms with E-state index in [1.807, 2.05) is 30.1 Å². The average Bonchev–Trinajstić information content (AvgIpc) is 2.86. The van der Waals surface area contributed by atoms with Crippen molar-refractivity contribution >= 4 is 5.69 Å². The van der Waals surface area contributed by atoms with E-state index in [0.717, 1.165) is 29.3 Å². The summed E-state index contributed by atoms with van der Waals surface area (Å²) < 4.78 is 13.0. The van der Waals surface area contributed by atoms with E-state index in [1.165, 1.54) is 5.56 Å². The summed E-state index contributed by atoms with van der Waals surface area (Å²) in [6, 6.07) is 6.28. The molecule has 1 aliphatic rings. The maximum absolute atomic E-state index is 5.64. The SMILES string of the molecule is CCc1nn(C)cc1NC(C)c1ccc2c(c1)OCCO2. The number of fused-ring (bicyclic) bond motifs is 1. The van der Waals surface area contributed by atoms with Crippen LogP contribution >= 0.6 is 0 Å². The first-order valence-corrected chi connectivity index (χ1v) is 7.36. The minimum atomic E-state index is 0.176. The van der Waals surface area contributed by atoms with Crippen LogP contribution in [0.1, 0.15) is 31.1 Å². The van der Waals surface area contributed by atoms with Crippen LogP contribution in [0.4, 0.5) is 5.69 Å². The van der Waals surface area contributed by atoms with Crippen molar-refractivity contribution in [3.8, 4) is 11.5 Å². The fraction of sp³-hybridized carbons (Fsp3) is 0.438. The summed E-state index contributed by atoms with van der Waals surface area (Å²) in [6.07, 6.45) is 2.93. The first kappa shape index (κ1) is 13.8. The first-order valence-electron chi connectivity index (χ1n) is 7.36. The van der Waals surface area contributed by atoms with Gasteiger partial charge in [-0.25, -0.2) is 0 Å². The number of aryl methyl sites for hydroxylation is 2. The van der Waals surface area contributed by atoms with Crippen LogP contribution in [0.2, 0.25) is 0 Å². The molecule has 1 N–H and O–H groups in total. The lowest BCUT2D eigenvalue weighted by Gasteiger charge is -2.21. The highest BCUT2D eigenvalue weighted by Gasteiger charge is 2.15. The molecule has 0 radical (unpaired) electrons. The van der Waals surface area contributed by atoms with Crippen molar-refractivity contribution in [2.45, 2.75) is 26.3 Å². The molecule has 1 atom stereocenters. The van der Waals surface area contributed by atoms with E-state index < -0.39 is 0 Å². The summed E-state index contributed by atoms with van der Waals surface area (Å²) >= 11 is 0. The summed E-state index contributed by atoms with van der Waals surface area (Å²) in [5, 5.41) is 7.98. The molecular formula is C16H21N3O2. The van der Waals surface area contributed by atoms with Gasteiger partial charge in [0.15, 0.2) is 11.5 Å². The number of aromatic nitrogens is 2. The van der Waals surface area contributed by atoms with Crippen LogP contribution in [0.15, 0.2) is 24.4 Å². The summed E-state index contributed by atoms with van der Waals surface area (Å²) in [5.74, 6) is 1.65. The van der Waals surface area contributed by atoms with Gasteiger partial charge in [-0.15, -0.1) is 0 Å². The molecule has 112 valence electrons. The van der Waals surface area contributed by atoms with Gasteiger partial charge in [-0.1, -0.05) is 13.0 Å². The molecule has 0 saturated heterocycles. The van der Waals surface area contributed by atoms with Gasteiger partial charge in [0.2, 0.25) is 0 Å². The number of benzene rings is 1. The maximum atomic E-state index is 5.64. The van der Waals surface area contributed by atoms with E-state index in [9.17, 15) is 0 Å². The van der Waals surface area contributed by atoms with Gasteiger partial charge >= 0.3 is 0 Å².